The smallest absolute Gasteiger partial charge is 0.145 e. The second kappa shape index (κ2) is 12.5. The molecule has 0 aliphatic carbocycles. The van der Waals surface area contributed by atoms with Crippen LogP contribution in [0.25, 0.3) is 0 Å². The molecule has 0 unspecified atom stereocenters. The fourth-order valence-electron chi connectivity index (χ4n) is 1.82. The molecule has 0 aliphatic rings. The second-order valence-corrected chi connectivity index (χ2v) is 4.56. The zero-order chi connectivity index (χ0) is 12.1. The van der Waals surface area contributed by atoms with Gasteiger partial charge in [0.15, 0.2) is 0 Å². The van der Waals surface area contributed by atoms with Crippen molar-refractivity contribution in [3.63, 3.8) is 0 Å². The Balaban J connectivity index is 3.53. The molecule has 0 saturated heterocycles. The highest BCUT2D eigenvalue weighted by Crippen LogP contribution is 2.11. The second-order valence-electron chi connectivity index (χ2n) is 4.56. The molecule has 1 heteroatoms. The Hall–Kier alpha value is -0.590. The van der Waals surface area contributed by atoms with Gasteiger partial charge in [0, 0.05) is 0 Å². The lowest BCUT2D eigenvalue weighted by Gasteiger charge is -2.01. The van der Waals surface area contributed by atoms with Gasteiger partial charge in [-0.25, -0.2) is 0 Å². The Morgan fingerprint density at radius 3 is 2.12 bits per heavy atom. The average molecular weight is 224 g/mol. The van der Waals surface area contributed by atoms with E-state index in [0.29, 0.717) is 0 Å². The van der Waals surface area contributed by atoms with Crippen LogP contribution in [0.4, 0.5) is 0 Å². The van der Waals surface area contributed by atoms with E-state index in [4.69, 9.17) is 0 Å². The quantitative estimate of drug-likeness (QED) is 0.272. The number of aldehydes is 1. The molecule has 0 atom stereocenters. The van der Waals surface area contributed by atoms with Gasteiger partial charge in [0.2, 0.25) is 0 Å². The van der Waals surface area contributed by atoms with Gasteiger partial charge in [-0.1, -0.05) is 58.4 Å². The molecule has 0 rings (SSSR count). The van der Waals surface area contributed by atoms with E-state index < -0.39 is 0 Å². The minimum Gasteiger partial charge on any atom is -0.298 e. The minimum atomic E-state index is 0.985. The number of allylic oxidation sites excluding steroid dienone is 2. The Kier molecular flexibility index (Phi) is 12.0. The maximum Gasteiger partial charge on any atom is 0.145 e. The third kappa shape index (κ3) is 9.95. The number of rotatable bonds is 11. The zero-order valence-corrected chi connectivity index (χ0v) is 11.1. The largest absolute Gasteiger partial charge is 0.298 e. The van der Waals surface area contributed by atoms with Crippen molar-refractivity contribution >= 4 is 6.29 Å². The first kappa shape index (κ1) is 15.4. The van der Waals surface area contributed by atoms with Crippen molar-refractivity contribution in [2.45, 2.75) is 78.1 Å². The first-order valence-corrected chi connectivity index (χ1v) is 6.99. The zero-order valence-electron chi connectivity index (χ0n) is 11.1. The Labute approximate surface area is 101 Å². The van der Waals surface area contributed by atoms with Crippen LogP contribution in [0, 0.1) is 0 Å². The van der Waals surface area contributed by atoms with Gasteiger partial charge in [0.1, 0.15) is 6.29 Å². The highest BCUT2D eigenvalue weighted by molar-refractivity contribution is 5.72. The molecule has 0 amide bonds. The van der Waals surface area contributed by atoms with E-state index in [1.807, 2.05) is 0 Å². The van der Waals surface area contributed by atoms with Gasteiger partial charge in [-0.15, -0.1) is 0 Å². The van der Waals surface area contributed by atoms with Crippen molar-refractivity contribution in [1.29, 1.82) is 0 Å². The topological polar surface area (TPSA) is 17.1 Å². The lowest BCUT2D eigenvalue weighted by molar-refractivity contribution is -0.105. The lowest BCUT2D eigenvalue weighted by atomic mass is 10.0. The molecule has 0 fully saturated rings. The highest BCUT2D eigenvalue weighted by atomic mass is 16.1. The molecular weight excluding hydrogens is 196 g/mol. The molecule has 0 aromatic heterocycles. The highest BCUT2D eigenvalue weighted by Gasteiger charge is 1.96. The molecular formula is C15H28O. The van der Waals surface area contributed by atoms with E-state index in [1.165, 1.54) is 51.4 Å². The molecule has 16 heavy (non-hydrogen) atoms. The van der Waals surface area contributed by atoms with Gasteiger partial charge in [0.05, 0.1) is 0 Å². The van der Waals surface area contributed by atoms with Crippen LogP contribution in [0.1, 0.15) is 78.1 Å². The number of unbranched alkanes of at least 4 members (excludes halogenated alkanes) is 7. The molecule has 0 heterocycles. The lowest BCUT2D eigenvalue weighted by Crippen LogP contribution is -1.87. The van der Waals surface area contributed by atoms with Gasteiger partial charge in [0.25, 0.3) is 0 Å². The van der Waals surface area contributed by atoms with Gasteiger partial charge >= 0.3 is 0 Å². The molecule has 0 spiro atoms. The third-order valence-corrected chi connectivity index (χ3v) is 2.93. The van der Waals surface area contributed by atoms with Crippen molar-refractivity contribution in [2.75, 3.05) is 0 Å². The van der Waals surface area contributed by atoms with Crippen molar-refractivity contribution in [2.24, 2.45) is 0 Å². The summed E-state index contributed by atoms with van der Waals surface area (Å²) >= 11 is 0. The fourth-order valence-corrected chi connectivity index (χ4v) is 1.82. The van der Waals surface area contributed by atoms with Gasteiger partial charge < -0.3 is 0 Å². The Morgan fingerprint density at radius 2 is 1.50 bits per heavy atom. The number of carbonyl (C=O) groups excluding carboxylic acids is 1. The van der Waals surface area contributed by atoms with Crippen molar-refractivity contribution in [1.82, 2.24) is 0 Å². The molecule has 0 aliphatic heterocycles. The molecule has 0 N–H and O–H groups in total. The Bertz CT molecular complexity index is 182. The predicted octanol–water partition coefficient (Wildman–Crippen LogP) is 5.05. The van der Waals surface area contributed by atoms with Crippen LogP contribution in [-0.2, 0) is 4.79 Å². The van der Waals surface area contributed by atoms with Crippen LogP contribution < -0.4 is 0 Å². The minimum absolute atomic E-state index is 0.985. The van der Waals surface area contributed by atoms with Crippen molar-refractivity contribution < 1.29 is 4.79 Å². The van der Waals surface area contributed by atoms with E-state index in [0.717, 1.165) is 24.7 Å². The van der Waals surface area contributed by atoms with Gasteiger partial charge in [-0.2, -0.15) is 0 Å². The van der Waals surface area contributed by atoms with Crippen LogP contribution in [0.2, 0.25) is 0 Å². The molecule has 1 nitrogen and oxygen atoms in total. The van der Waals surface area contributed by atoms with E-state index in [2.05, 4.69) is 19.9 Å². The summed E-state index contributed by atoms with van der Waals surface area (Å²) in [5.74, 6) is 0. The summed E-state index contributed by atoms with van der Waals surface area (Å²) in [5, 5.41) is 0. The third-order valence-electron chi connectivity index (χ3n) is 2.93. The van der Waals surface area contributed by atoms with Crippen LogP contribution in [-0.4, -0.2) is 6.29 Å². The number of hydrogen-bond donors (Lipinski definition) is 0. The first-order valence-electron chi connectivity index (χ1n) is 6.99. The van der Waals surface area contributed by atoms with E-state index >= 15 is 0 Å². The molecule has 0 aromatic carbocycles. The first-order chi connectivity index (χ1) is 7.85. The predicted molar refractivity (Wildman–Crippen MR) is 71.7 cm³/mol. The SMILES string of the molecule is CCCCC/C=C(/C=O)CCCCCCC. The van der Waals surface area contributed by atoms with Crippen LogP contribution >= 0.6 is 0 Å². The maximum absolute atomic E-state index is 10.8. The molecule has 0 aromatic rings. The summed E-state index contributed by atoms with van der Waals surface area (Å²) in [6.45, 7) is 4.43. The Morgan fingerprint density at radius 1 is 0.875 bits per heavy atom. The summed E-state index contributed by atoms with van der Waals surface area (Å²) in [6.07, 6.45) is 15.4. The number of hydrogen-bond acceptors (Lipinski definition) is 1. The van der Waals surface area contributed by atoms with E-state index in [9.17, 15) is 4.79 Å². The summed E-state index contributed by atoms with van der Waals surface area (Å²) in [4.78, 5) is 10.8. The van der Waals surface area contributed by atoms with Crippen LogP contribution in [0.5, 0.6) is 0 Å². The summed E-state index contributed by atoms with van der Waals surface area (Å²) in [7, 11) is 0. The van der Waals surface area contributed by atoms with Crippen molar-refractivity contribution in [3.8, 4) is 0 Å². The van der Waals surface area contributed by atoms with Crippen molar-refractivity contribution in [3.05, 3.63) is 11.6 Å². The summed E-state index contributed by atoms with van der Waals surface area (Å²) in [6, 6.07) is 0. The average Bonchev–Trinajstić information content (AvgIpc) is 2.31. The van der Waals surface area contributed by atoms with Gasteiger partial charge in [-0.05, 0) is 31.3 Å². The van der Waals surface area contributed by atoms with Crippen LogP contribution in [0.15, 0.2) is 11.6 Å². The summed E-state index contributed by atoms with van der Waals surface area (Å²) < 4.78 is 0. The number of carbonyl (C=O) groups is 1. The molecule has 0 bridgehead atoms. The molecule has 94 valence electrons. The van der Waals surface area contributed by atoms with Crippen LogP contribution in [0.3, 0.4) is 0 Å². The maximum atomic E-state index is 10.8. The summed E-state index contributed by atoms with van der Waals surface area (Å²) in [5.41, 5.74) is 1.02. The monoisotopic (exact) mass is 224 g/mol. The molecule has 0 radical (unpaired) electrons. The standard InChI is InChI=1S/C15H28O/c1-3-5-7-9-11-13-15(14-16)12-10-8-6-4-2/h12,14H,3-11,13H2,1-2H3/b15-12+. The normalized spacial score (nSPS) is 11.8. The fraction of sp³-hybridized carbons (Fsp3) is 0.800. The molecule has 0 saturated carbocycles. The van der Waals surface area contributed by atoms with E-state index in [-0.39, 0.29) is 0 Å². The van der Waals surface area contributed by atoms with E-state index in [1.54, 1.807) is 0 Å². The van der Waals surface area contributed by atoms with Gasteiger partial charge in [-0.3, -0.25) is 4.79 Å².